The van der Waals surface area contributed by atoms with E-state index in [0.717, 1.165) is 29.4 Å². The van der Waals surface area contributed by atoms with E-state index >= 15 is 0 Å². The lowest BCUT2D eigenvalue weighted by atomic mass is 10.0. The van der Waals surface area contributed by atoms with E-state index in [-0.39, 0.29) is 0 Å². The van der Waals surface area contributed by atoms with Crippen LogP contribution in [-0.4, -0.2) is 22.2 Å². The van der Waals surface area contributed by atoms with Crippen molar-refractivity contribution in [2.45, 2.75) is 38.8 Å². The number of nitrogens with one attached hydrogen (secondary N) is 1. The summed E-state index contributed by atoms with van der Waals surface area (Å²) in [6, 6.07) is 12.2. The van der Waals surface area contributed by atoms with Crippen LogP contribution < -0.4 is 5.32 Å². The third-order valence-electron chi connectivity index (χ3n) is 3.26. The van der Waals surface area contributed by atoms with Gasteiger partial charge < -0.3 is 10.4 Å². The summed E-state index contributed by atoms with van der Waals surface area (Å²) in [6.45, 7) is 5.23. The first-order valence-corrected chi connectivity index (χ1v) is 6.88. The molecule has 2 rings (SSSR count). The maximum atomic E-state index is 10.1. The lowest BCUT2D eigenvalue weighted by Gasteiger charge is -2.22. The van der Waals surface area contributed by atoms with E-state index in [2.05, 4.69) is 29.4 Å². The summed E-state index contributed by atoms with van der Waals surface area (Å²) in [5.74, 6) is 0. The molecule has 2 N–H and O–H groups in total. The van der Waals surface area contributed by atoms with Gasteiger partial charge in [-0.05, 0) is 25.5 Å². The summed E-state index contributed by atoms with van der Waals surface area (Å²) in [5, 5.41) is 14.5. The molecule has 0 radical (unpaired) electrons. The van der Waals surface area contributed by atoms with Crippen LogP contribution >= 0.6 is 0 Å². The Bertz CT molecular complexity index is 537. The van der Waals surface area contributed by atoms with E-state index in [0.29, 0.717) is 13.1 Å². The van der Waals surface area contributed by atoms with E-state index in [1.165, 1.54) is 0 Å². The SMILES string of the molecule is CCCC(C)(O)CNCc1ccc2ccccc2n1. The Balaban J connectivity index is 1.95. The van der Waals surface area contributed by atoms with Crippen LogP contribution in [0.2, 0.25) is 0 Å². The number of hydrogen-bond acceptors (Lipinski definition) is 3. The van der Waals surface area contributed by atoms with E-state index in [4.69, 9.17) is 0 Å². The Kier molecular flexibility index (Phi) is 4.51. The largest absolute Gasteiger partial charge is 0.389 e. The van der Waals surface area contributed by atoms with Crippen LogP contribution in [0, 0.1) is 0 Å². The molecule has 0 saturated heterocycles. The van der Waals surface area contributed by atoms with Crippen LogP contribution in [0.25, 0.3) is 10.9 Å². The Morgan fingerprint density at radius 3 is 2.79 bits per heavy atom. The average Bonchev–Trinajstić information content (AvgIpc) is 2.38. The summed E-state index contributed by atoms with van der Waals surface area (Å²) in [4.78, 5) is 4.60. The molecular formula is C16H22N2O. The molecule has 2 aromatic rings. The van der Waals surface area contributed by atoms with Crippen molar-refractivity contribution < 1.29 is 5.11 Å². The van der Waals surface area contributed by atoms with E-state index in [1.807, 2.05) is 31.2 Å². The molecule has 0 aliphatic heterocycles. The third-order valence-corrected chi connectivity index (χ3v) is 3.26. The predicted molar refractivity (Wildman–Crippen MR) is 79.0 cm³/mol. The topological polar surface area (TPSA) is 45.1 Å². The van der Waals surface area contributed by atoms with Gasteiger partial charge in [0.05, 0.1) is 16.8 Å². The number of rotatable bonds is 6. The number of hydrogen-bond donors (Lipinski definition) is 2. The molecule has 1 unspecified atom stereocenters. The second kappa shape index (κ2) is 6.13. The number of fused-ring (bicyclic) bond motifs is 1. The summed E-state index contributed by atoms with van der Waals surface area (Å²) in [7, 11) is 0. The summed E-state index contributed by atoms with van der Waals surface area (Å²) < 4.78 is 0. The summed E-state index contributed by atoms with van der Waals surface area (Å²) >= 11 is 0. The third kappa shape index (κ3) is 4.01. The fourth-order valence-corrected chi connectivity index (χ4v) is 2.29. The van der Waals surface area contributed by atoms with Gasteiger partial charge in [0.1, 0.15) is 0 Å². The van der Waals surface area contributed by atoms with Gasteiger partial charge in [-0.3, -0.25) is 4.98 Å². The molecule has 0 aliphatic carbocycles. The standard InChI is InChI=1S/C16H22N2O/c1-3-10-16(2,19)12-17-11-14-9-8-13-6-4-5-7-15(13)18-14/h4-9,17,19H,3,10-12H2,1-2H3. The van der Waals surface area contributed by atoms with Crippen molar-refractivity contribution in [3.8, 4) is 0 Å². The minimum absolute atomic E-state index is 0.593. The number of pyridine rings is 1. The molecule has 0 saturated carbocycles. The minimum atomic E-state index is -0.633. The second-order valence-corrected chi connectivity index (χ2v) is 5.35. The van der Waals surface area contributed by atoms with Crippen LogP contribution in [0.4, 0.5) is 0 Å². The van der Waals surface area contributed by atoms with Gasteiger partial charge in [0.15, 0.2) is 0 Å². The molecule has 0 fully saturated rings. The molecule has 0 spiro atoms. The van der Waals surface area contributed by atoms with Crippen LogP contribution in [0.15, 0.2) is 36.4 Å². The van der Waals surface area contributed by atoms with Crippen molar-refractivity contribution in [1.82, 2.24) is 10.3 Å². The lowest BCUT2D eigenvalue weighted by Crippen LogP contribution is -2.37. The minimum Gasteiger partial charge on any atom is -0.389 e. The normalized spacial score (nSPS) is 14.5. The van der Waals surface area contributed by atoms with Crippen molar-refractivity contribution in [1.29, 1.82) is 0 Å². The fourth-order valence-electron chi connectivity index (χ4n) is 2.29. The zero-order valence-electron chi connectivity index (χ0n) is 11.7. The first kappa shape index (κ1) is 14.0. The van der Waals surface area contributed by atoms with Gasteiger partial charge in [-0.2, -0.15) is 0 Å². The number of nitrogens with zero attached hydrogens (tertiary/aromatic N) is 1. The zero-order valence-corrected chi connectivity index (χ0v) is 11.7. The maximum absolute atomic E-state index is 10.1. The van der Waals surface area contributed by atoms with Crippen LogP contribution in [0.3, 0.4) is 0 Å². The Morgan fingerprint density at radius 2 is 2.00 bits per heavy atom. The molecule has 0 aliphatic rings. The molecule has 19 heavy (non-hydrogen) atoms. The number of para-hydroxylation sites is 1. The maximum Gasteiger partial charge on any atom is 0.0743 e. The van der Waals surface area contributed by atoms with Gasteiger partial charge >= 0.3 is 0 Å². The molecule has 1 aromatic carbocycles. The van der Waals surface area contributed by atoms with E-state index in [1.54, 1.807) is 0 Å². The van der Waals surface area contributed by atoms with Gasteiger partial charge in [0.25, 0.3) is 0 Å². The highest BCUT2D eigenvalue weighted by Crippen LogP contribution is 2.13. The van der Waals surface area contributed by atoms with Gasteiger partial charge in [-0.15, -0.1) is 0 Å². The molecule has 3 heteroatoms. The zero-order chi connectivity index (χ0) is 13.7. The average molecular weight is 258 g/mol. The highest BCUT2D eigenvalue weighted by Gasteiger charge is 2.17. The second-order valence-electron chi connectivity index (χ2n) is 5.35. The molecule has 0 amide bonds. The molecule has 0 bridgehead atoms. The van der Waals surface area contributed by atoms with Gasteiger partial charge in [-0.25, -0.2) is 0 Å². The lowest BCUT2D eigenvalue weighted by molar-refractivity contribution is 0.0497. The van der Waals surface area contributed by atoms with Crippen LogP contribution in [0.1, 0.15) is 32.4 Å². The Labute approximate surface area is 114 Å². The van der Waals surface area contributed by atoms with E-state index in [9.17, 15) is 5.11 Å². The monoisotopic (exact) mass is 258 g/mol. The first-order chi connectivity index (χ1) is 9.11. The molecule has 1 heterocycles. The van der Waals surface area contributed by atoms with Crippen molar-refractivity contribution in [2.24, 2.45) is 0 Å². The number of aliphatic hydroxyl groups is 1. The Hall–Kier alpha value is -1.45. The number of aromatic nitrogens is 1. The van der Waals surface area contributed by atoms with Crippen molar-refractivity contribution in [2.75, 3.05) is 6.54 Å². The molecular weight excluding hydrogens is 236 g/mol. The molecule has 3 nitrogen and oxygen atoms in total. The van der Waals surface area contributed by atoms with Crippen LogP contribution in [0.5, 0.6) is 0 Å². The summed E-state index contributed by atoms with van der Waals surface area (Å²) in [6.07, 6.45) is 1.80. The van der Waals surface area contributed by atoms with Crippen molar-refractivity contribution in [3.05, 3.63) is 42.1 Å². The quantitative estimate of drug-likeness (QED) is 0.837. The summed E-state index contributed by atoms with van der Waals surface area (Å²) in [5.41, 5.74) is 1.39. The van der Waals surface area contributed by atoms with Crippen molar-refractivity contribution in [3.63, 3.8) is 0 Å². The van der Waals surface area contributed by atoms with Crippen molar-refractivity contribution >= 4 is 10.9 Å². The predicted octanol–water partition coefficient (Wildman–Crippen LogP) is 2.88. The fraction of sp³-hybridized carbons (Fsp3) is 0.438. The van der Waals surface area contributed by atoms with Gasteiger partial charge in [-0.1, -0.05) is 37.6 Å². The highest BCUT2D eigenvalue weighted by atomic mass is 16.3. The van der Waals surface area contributed by atoms with Crippen LogP contribution in [-0.2, 0) is 6.54 Å². The molecule has 1 atom stereocenters. The first-order valence-electron chi connectivity index (χ1n) is 6.88. The molecule has 1 aromatic heterocycles. The number of benzene rings is 1. The van der Waals surface area contributed by atoms with E-state index < -0.39 is 5.60 Å². The van der Waals surface area contributed by atoms with Gasteiger partial charge in [0.2, 0.25) is 0 Å². The van der Waals surface area contributed by atoms with Gasteiger partial charge in [0, 0.05) is 18.5 Å². The smallest absolute Gasteiger partial charge is 0.0743 e. The highest BCUT2D eigenvalue weighted by molar-refractivity contribution is 5.78. The molecule has 102 valence electrons. The Morgan fingerprint density at radius 1 is 1.21 bits per heavy atom.